The number of esters is 2. The number of nitrogens with two attached hydrogens (primary N) is 1. The number of Topliss-reactive ketones (excluding diaryl/α,β-unsaturated/α-hetero) is 2. The predicted octanol–water partition coefficient (Wildman–Crippen LogP) is 4.21. The molecule has 0 aliphatic carbocycles. The molecule has 3 aliphatic heterocycles. The molecular weight excluding hydrogens is 816 g/mol. The number of aromatic nitrogens is 3. The minimum Gasteiger partial charge on any atom is -0.455 e. The fourth-order valence-corrected chi connectivity index (χ4v) is 9.98. The molecule has 61 heavy (non-hydrogen) atoms. The third kappa shape index (κ3) is 9.51. The Labute approximate surface area is 360 Å². The number of halogens is 1. The van der Waals surface area contributed by atoms with Crippen molar-refractivity contribution in [3.63, 3.8) is 0 Å². The van der Waals surface area contributed by atoms with Crippen LogP contribution in [0.15, 0.2) is 29.6 Å². The first-order chi connectivity index (χ1) is 28.5. The number of hydrogen-bond donors (Lipinski definition) is 2. The summed E-state index contributed by atoms with van der Waals surface area (Å²) in [5.74, 6) is -10.1. The molecule has 338 valence electrons. The van der Waals surface area contributed by atoms with Crippen molar-refractivity contribution in [1.82, 2.24) is 20.1 Å². The maximum Gasteiger partial charge on any atom is 0.351 e. The Bertz CT molecular complexity index is 1940. The van der Waals surface area contributed by atoms with Crippen LogP contribution in [0.2, 0.25) is 0 Å². The first-order valence-electron chi connectivity index (χ1n) is 20.7. The molecule has 3 fully saturated rings. The van der Waals surface area contributed by atoms with Crippen molar-refractivity contribution < 1.29 is 57.2 Å². The van der Waals surface area contributed by atoms with Crippen LogP contribution in [0.4, 0.5) is 4.39 Å². The molecule has 17 nitrogen and oxygen atoms in total. The van der Waals surface area contributed by atoms with E-state index < -0.39 is 101 Å². The van der Waals surface area contributed by atoms with E-state index in [4.69, 9.17) is 34.3 Å². The molecule has 0 saturated carbocycles. The number of ether oxygens (including phenoxy) is 5. The number of fused-ring (bicyclic) bond motifs is 1. The number of methoxy groups -OCH3 is 1. The van der Waals surface area contributed by atoms with Crippen LogP contribution >= 0.6 is 11.3 Å². The molecule has 3 saturated heterocycles. The summed E-state index contributed by atoms with van der Waals surface area (Å²) in [7, 11) is 4.98. The van der Waals surface area contributed by atoms with Crippen LogP contribution in [0.1, 0.15) is 92.7 Å². The number of pyridine rings is 1. The number of aliphatic hydroxyl groups is 1. The summed E-state index contributed by atoms with van der Waals surface area (Å²) in [5.41, 5.74) is 0.652. The van der Waals surface area contributed by atoms with E-state index in [1.54, 1.807) is 67.0 Å². The molecule has 0 radical (unpaired) electrons. The van der Waals surface area contributed by atoms with Crippen molar-refractivity contribution in [3.8, 4) is 10.7 Å². The average molecular weight is 877 g/mol. The third-order valence-electron chi connectivity index (χ3n) is 12.7. The number of cyclic esters (lactones) is 1. The van der Waals surface area contributed by atoms with E-state index in [0.717, 1.165) is 6.92 Å². The molecule has 1 unspecified atom stereocenters. The number of nitrogens with zero attached hydrogens (tertiary/aromatic N) is 5. The number of carbonyl (C=O) groups excluding carboxylic acids is 4. The molecule has 0 aromatic carbocycles. The van der Waals surface area contributed by atoms with Crippen molar-refractivity contribution in [2.45, 2.75) is 141 Å². The largest absolute Gasteiger partial charge is 0.455 e. The fourth-order valence-electron chi connectivity index (χ4n) is 9.18. The summed E-state index contributed by atoms with van der Waals surface area (Å²) >= 11 is 1.23. The van der Waals surface area contributed by atoms with Gasteiger partial charge < -0.3 is 44.3 Å². The van der Waals surface area contributed by atoms with Crippen molar-refractivity contribution in [3.05, 3.63) is 29.4 Å². The van der Waals surface area contributed by atoms with Crippen LogP contribution in [-0.2, 0) is 47.7 Å². The number of likely N-dealkylation sites (N-methyl/N-ethyl adjacent to an activating group) is 1. The van der Waals surface area contributed by atoms with Gasteiger partial charge in [-0.25, -0.2) is 9.18 Å². The monoisotopic (exact) mass is 876 g/mol. The second-order valence-corrected chi connectivity index (χ2v) is 18.4. The Morgan fingerprint density at radius 1 is 1.11 bits per heavy atom. The second-order valence-electron chi connectivity index (χ2n) is 17.4. The minimum atomic E-state index is -3.24. The van der Waals surface area contributed by atoms with E-state index in [2.05, 4.69) is 20.3 Å². The average Bonchev–Trinajstić information content (AvgIpc) is 3.83. The summed E-state index contributed by atoms with van der Waals surface area (Å²) in [4.78, 5) is 68.9. The van der Waals surface area contributed by atoms with Crippen LogP contribution in [0.3, 0.4) is 0 Å². The van der Waals surface area contributed by atoms with Crippen LogP contribution in [0.5, 0.6) is 0 Å². The zero-order chi connectivity index (χ0) is 45.4. The van der Waals surface area contributed by atoms with Gasteiger partial charge in [-0.1, -0.05) is 50.3 Å². The molecule has 3 aliphatic rings. The number of ketones is 2. The van der Waals surface area contributed by atoms with Crippen molar-refractivity contribution >= 4 is 40.7 Å². The summed E-state index contributed by atoms with van der Waals surface area (Å²) in [5, 5.41) is 24.9. The smallest absolute Gasteiger partial charge is 0.351 e. The molecule has 0 amide bonds. The van der Waals surface area contributed by atoms with Gasteiger partial charge in [0, 0.05) is 43.0 Å². The number of oxime groups is 1. The quantitative estimate of drug-likeness (QED) is 0.112. The standard InChI is InChI=1S/C42H61FN6O11S/c1-13-27-42(9)29(28(37(53)59-42)34(44)48-60-24(6)35-46-47-36(61-35)25-16-14-15-17-45-25)22(4)30(50)20(2)19-40(7,55-12)33(23(5)32(52)41(8,43)39(54)57-27)58-38-31(51)26(49(10)11)18-21(3)56-38/h14-17,20-24,26-29,31,33,38,51H,13,18-19H2,1-12H3,(H2,44,48)/t20-,21-,22-,23+,24+,26+,27+,28-,29+,31-,33-,38?,40-,41+,42-/m1/s1. The highest BCUT2D eigenvalue weighted by Crippen LogP contribution is 2.48. The van der Waals surface area contributed by atoms with Crippen LogP contribution in [0, 0.1) is 29.6 Å². The molecule has 2 aromatic heterocycles. The van der Waals surface area contributed by atoms with Gasteiger partial charge >= 0.3 is 11.9 Å². The van der Waals surface area contributed by atoms with E-state index in [0.29, 0.717) is 22.1 Å². The van der Waals surface area contributed by atoms with Crippen LogP contribution in [-0.4, -0.2) is 129 Å². The van der Waals surface area contributed by atoms with Gasteiger partial charge in [-0.2, -0.15) is 0 Å². The maximum atomic E-state index is 16.9. The number of alkyl halides is 1. The van der Waals surface area contributed by atoms with Gasteiger partial charge in [0.1, 0.15) is 29.6 Å². The highest BCUT2D eigenvalue weighted by atomic mass is 32.1. The number of hydrogen-bond acceptors (Lipinski definition) is 17. The number of aliphatic hydroxyl groups excluding tert-OH is 1. The van der Waals surface area contributed by atoms with Crippen molar-refractivity contribution in [2.24, 2.45) is 40.5 Å². The number of rotatable bonds is 10. The fraction of sp³-hybridized carbons (Fsp3) is 0.714. The van der Waals surface area contributed by atoms with Crippen LogP contribution < -0.4 is 5.73 Å². The number of carbonyl (C=O) groups is 4. The van der Waals surface area contributed by atoms with Gasteiger partial charge in [0.05, 0.1) is 17.8 Å². The van der Waals surface area contributed by atoms with Gasteiger partial charge in [0.15, 0.2) is 39.6 Å². The van der Waals surface area contributed by atoms with E-state index in [-0.39, 0.29) is 30.6 Å². The van der Waals surface area contributed by atoms with Gasteiger partial charge in [0.25, 0.3) is 5.67 Å². The zero-order valence-electron chi connectivity index (χ0n) is 37.0. The number of amidine groups is 1. The Hall–Kier alpha value is -4.01. The first-order valence-corrected chi connectivity index (χ1v) is 21.5. The molecular formula is C42H61FN6O11S. The third-order valence-corrected chi connectivity index (χ3v) is 13.8. The van der Waals surface area contributed by atoms with E-state index in [9.17, 15) is 24.3 Å². The van der Waals surface area contributed by atoms with E-state index in [1.165, 1.54) is 32.3 Å². The highest BCUT2D eigenvalue weighted by molar-refractivity contribution is 7.14. The lowest BCUT2D eigenvalue weighted by atomic mass is 9.67. The normalized spacial score (nSPS) is 38.7. The van der Waals surface area contributed by atoms with Gasteiger partial charge in [-0.3, -0.25) is 19.4 Å². The zero-order valence-corrected chi connectivity index (χ0v) is 37.8. The lowest BCUT2D eigenvalue weighted by Gasteiger charge is -2.47. The summed E-state index contributed by atoms with van der Waals surface area (Å²) in [6.45, 7) is 13.7. The van der Waals surface area contributed by atoms with E-state index in [1.807, 2.05) is 17.9 Å². The Morgan fingerprint density at radius 2 is 1.80 bits per heavy atom. The molecule has 3 N–H and O–H groups in total. The first kappa shape index (κ1) is 48.0. The predicted molar refractivity (Wildman–Crippen MR) is 220 cm³/mol. The van der Waals surface area contributed by atoms with Gasteiger partial charge in [-0.05, 0) is 80.1 Å². The second kappa shape index (κ2) is 18.8. The van der Waals surface area contributed by atoms with Crippen LogP contribution in [0.25, 0.3) is 10.7 Å². The maximum absolute atomic E-state index is 16.9. The summed E-state index contributed by atoms with van der Waals surface area (Å²) in [6, 6.07) is 5.00. The molecule has 19 heteroatoms. The van der Waals surface area contributed by atoms with E-state index >= 15 is 4.39 Å². The lowest BCUT2D eigenvalue weighted by Crippen LogP contribution is -2.61. The molecule has 0 spiro atoms. The van der Waals surface area contributed by atoms with Gasteiger partial charge in [0.2, 0.25) is 0 Å². The Balaban J connectivity index is 1.53. The molecule has 5 rings (SSSR count). The van der Waals surface area contributed by atoms with Gasteiger partial charge in [-0.15, -0.1) is 10.2 Å². The SMILES string of the molecule is CC[C@@H]1OC(=O)[C@@](C)(F)C(=O)[C@H](C)[C@@H](OC2O[C@H](C)C[C@H](N(C)C)[C@H]2O)[C@](C)(OC)C[C@@H](C)C(=O)[C@H](C)[C@H]2[C@H](/C(N)=N/O[C@@H](C)c3nnc(-c4ccccn4)s3)C(=O)O[C@@]21C. The summed E-state index contributed by atoms with van der Waals surface area (Å²) in [6.07, 6.45) is -4.31. The van der Waals surface area contributed by atoms with Crippen molar-refractivity contribution in [2.75, 3.05) is 21.2 Å². The molecule has 0 bridgehead atoms. The Kier molecular flexibility index (Phi) is 14.8. The lowest BCUT2D eigenvalue weighted by molar-refractivity contribution is -0.295. The topological polar surface area (TPSA) is 224 Å². The Morgan fingerprint density at radius 3 is 2.41 bits per heavy atom. The molecule has 5 heterocycles. The minimum absolute atomic E-state index is 0.00905. The summed E-state index contributed by atoms with van der Waals surface area (Å²) < 4.78 is 47.4. The molecule has 15 atom stereocenters. The van der Waals surface area contributed by atoms with Crippen molar-refractivity contribution in [1.29, 1.82) is 0 Å². The highest BCUT2D eigenvalue weighted by Gasteiger charge is 2.63. The molecule has 2 aromatic rings.